The summed E-state index contributed by atoms with van der Waals surface area (Å²) >= 11 is 0. The van der Waals surface area contributed by atoms with Gasteiger partial charge in [0.1, 0.15) is 0 Å². The number of methoxy groups -OCH3 is 1. The minimum Gasteiger partial charge on any atom is -0.383 e. The second kappa shape index (κ2) is 5.46. The Morgan fingerprint density at radius 3 is 2.50 bits per heavy atom. The average molecular weight is 219 g/mol. The molecule has 1 N–H and O–H groups in total. The second-order valence-electron chi connectivity index (χ2n) is 4.76. The van der Waals surface area contributed by atoms with Gasteiger partial charge in [0, 0.05) is 19.2 Å². The van der Waals surface area contributed by atoms with E-state index >= 15 is 0 Å². The molecule has 1 aliphatic carbocycles. The molecule has 16 heavy (non-hydrogen) atoms. The van der Waals surface area contributed by atoms with Crippen LogP contribution >= 0.6 is 0 Å². The maximum Gasteiger partial charge on any atom is 0.0644 e. The summed E-state index contributed by atoms with van der Waals surface area (Å²) in [5.41, 5.74) is 1.58. The Morgan fingerprint density at radius 2 is 1.88 bits per heavy atom. The Hall–Kier alpha value is -0.860. The normalized spacial score (nSPS) is 18.8. The topological polar surface area (TPSA) is 21.3 Å². The fraction of sp³-hybridized carbons (Fsp3) is 0.571. The number of hydrogen-bond acceptors (Lipinski definition) is 2. The van der Waals surface area contributed by atoms with E-state index in [1.54, 1.807) is 7.11 Å². The Morgan fingerprint density at radius 1 is 1.19 bits per heavy atom. The van der Waals surface area contributed by atoms with Crippen molar-refractivity contribution in [1.29, 1.82) is 0 Å². The minimum absolute atomic E-state index is 0.227. The predicted molar refractivity (Wildman–Crippen MR) is 66.4 cm³/mol. The quantitative estimate of drug-likeness (QED) is 0.822. The van der Waals surface area contributed by atoms with Crippen molar-refractivity contribution in [2.45, 2.75) is 37.8 Å². The zero-order valence-electron chi connectivity index (χ0n) is 10.0. The lowest BCUT2D eigenvalue weighted by Crippen LogP contribution is -2.46. The van der Waals surface area contributed by atoms with Crippen LogP contribution in [0.25, 0.3) is 0 Å². The summed E-state index contributed by atoms with van der Waals surface area (Å²) in [7, 11) is 1.80. The first-order chi connectivity index (χ1) is 7.85. The van der Waals surface area contributed by atoms with E-state index in [1.165, 1.54) is 31.2 Å². The zero-order chi connectivity index (χ0) is 11.3. The van der Waals surface area contributed by atoms with E-state index in [4.69, 9.17) is 4.74 Å². The van der Waals surface area contributed by atoms with Gasteiger partial charge in [-0.3, -0.25) is 0 Å². The van der Waals surface area contributed by atoms with Gasteiger partial charge in [-0.15, -0.1) is 0 Å². The van der Waals surface area contributed by atoms with Crippen molar-refractivity contribution in [1.82, 2.24) is 5.32 Å². The lowest BCUT2D eigenvalue weighted by atomic mass is 9.98. The molecule has 0 amide bonds. The third kappa shape index (κ3) is 2.83. The average Bonchev–Trinajstić information content (AvgIpc) is 2.78. The molecule has 0 atom stereocenters. The first-order valence-corrected chi connectivity index (χ1v) is 6.13. The molecule has 0 unspecified atom stereocenters. The van der Waals surface area contributed by atoms with Gasteiger partial charge in [0.2, 0.25) is 0 Å². The largest absolute Gasteiger partial charge is 0.383 e. The molecule has 0 bridgehead atoms. The lowest BCUT2D eigenvalue weighted by molar-refractivity contribution is 0.110. The van der Waals surface area contributed by atoms with Gasteiger partial charge in [0.05, 0.1) is 6.61 Å². The molecule has 2 heteroatoms. The summed E-state index contributed by atoms with van der Waals surface area (Å²) in [6.07, 6.45) is 5.14. The molecule has 2 rings (SSSR count). The van der Waals surface area contributed by atoms with Crippen LogP contribution in [0.4, 0.5) is 0 Å². The monoisotopic (exact) mass is 219 g/mol. The summed E-state index contributed by atoms with van der Waals surface area (Å²) in [6.45, 7) is 1.78. The number of benzene rings is 1. The van der Waals surface area contributed by atoms with Crippen LogP contribution < -0.4 is 5.32 Å². The molecule has 2 nitrogen and oxygen atoms in total. The summed E-state index contributed by atoms with van der Waals surface area (Å²) in [6, 6.07) is 10.6. The van der Waals surface area contributed by atoms with Crippen molar-refractivity contribution in [2.75, 3.05) is 13.7 Å². The first kappa shape index (κ1) is 11.6. The van der Waals surface area contributed by atoms with Gasteiger partial charge in [0.15, 0.2) is 0 Å². The van der Waals surface area contributed by atoms with Crippen molar-refractivity contribution in [3.63, 3.8) is 0 Å². The van der Waals surface area contributed by atoms with Crippen molar-refractivity contribution < 1.29 is 4.74 Å². The molecule has 0 aromatic heterocycles. The predicted octanol–water partition coefficient (Wildman–Crippen LogP) is 2.74. The van der Waals surface area contributed by atoms with Crippen LogP contribution in [0.5, 0.6) is 0 Å². The van der Waals surface area contributed by atoms with Gasteiger partial charge in [-0.05, 0) is 18.4 Å². The highest BCUT2D eigenvalue weighted by molar-refractivity contribution is 5.15. The van der Waals surface area contributed by atoms with E-state index in [-0.39, 0.29) is 5.54 Å². The van der Waals surface area contributed by atoms with Gasteiger partial charge in [-0.1, -0.05) is 43.2 Å². The van der Waals surface area contributed by atoms with E-state index < -0.39 is 0 Å². The summed E-state index contributed by atoms with van der Waals surface area (Å²) in [4.78, 5) is 0. The fourth-order valence-corrected chi connectivity index (χ4v) is 2.59. The van der Waals surface area contributed by atoms with Gasteiger partial charge in [0.25, 0.3) is 0 Å². The highest BCUT2D eigenvalue weighted by atomic mass is 16.5. The van der Waals surface area contributed by atoms with Crippen LogP contribution in [0.2, 0.25) is 0 Å². The lowest BCUT2D eigenvalue weighted by Gasteiger charge is -2.29. The van der Waals surface area contributed by atoms with Crippen LogP contribution in [0.3, 0.4) is 0 Å². The fourth-order valence-electron chi connectivity index (χ4n) is 2.59. The first-order valence-electron chi connectivity index (χ1n) is 6.13. The highest BCUT2D eigenvalue weighted by Crippen LogP contribution is 2.30. The third-order valence-corrected chi connectivity index (χ3v) is 3.49. The Labute approximate surface area is 98.0 Å². The summed E-state index contributed by atoms with van der Waals surface area (Å²) in [5.74, 6) is 0. The summed E-state index contributed by atoms with van der Waals surface area (Å²) in [5, 5.41) is 3.69. The maximum atomic E-state index is 5.36. The zero-order valence-corrected chi connectivity index (χ0v) is 10.0. The van der Waals surface area contributed by atoms with Gasteiger partial charge < -0.3 is 10.1 Å². The number of hydrogen-bond donors (Lipinski definition) is 1. The summed E-state index contributed by atoms with van der Waals surface area (Å²) < 4.78 is 5.36. The number of rotatable bonds is 5. The standard InChI is InChI=1S/C14H21NO/c1-16-12-14(9-5-6-10-14)15-11-13-7-3-2-4-8-13/h2-4,7-8,15H,5-6,9-12H2,1H3. The number of ether oxygens (including phenoxy) is 1. The molecule has 1 aromatic carbocycles. The van der Waals surface area contributed by atoms with Gasteiger partial charge in [-0.2, -0.15) is 0 Å². The van der Waals surface area contributed by atoms with E-state index in [9.17, 15) is 0 Å². The molecule has 0 radical (unpaired) electrons. The molecule has 0 saturated heterocycles. The maximum absolute atomic E-state index is 5.36. The SMILES string of the molecule is COCC1(NCc2ccccc2)CCCC1. The molecular formula is C14H21NO. The van der Waals surface area contributed by atoms with E-state index in [0.29, 0.717) is 0 Å². The Bertz CT molecular complexity index is 304. The molecule has 0 aliphatic heterocycles. The second-order valence-corrected chi connectivity index (χ2v) is 4.76. The van der Waals surface area contributed by atoms with Crippen LogP contribution in [0.1, 0.15) is 31.2 Å². The van der Waals surface area contributed by atoms with Crippen molar-refractivity contribution in [3.05, 3.63) is 35.9 Å². The van der Waals surface area contributed by atoms with Gasteiger partial charge >= 0.3 is 0 Å². The molecule has 1 fully saturated rings. The van der Waals surface area contributed by atoms with Crippen LogP contribution in [-0.2, 0) is 11.3 Å². The molecule has 1 saturated carbocycles. The molecule has 0 spiro atoms. The van der Waals surface area contributed by atoms with Crippen molar-refractivity contribution in [2.24, 2.45) is 0 Å². The Kier molecular flexibility index (Phi) is 3.97. The molecular weight excluding hydrogens is 198 g/mol. The molecule has 88 valence electrons. The Balaban J connectivity index is 1.92. The smallest absolute Gasteiger partial charge is 0.0644 e. The van der Waals surface area contributed by atoms with Crippen molar-refractivity contribution >= 4 is 0 Å². The van der Waals surface area contributed by atoms with Crippen LogP contribution in [0.15, 0.2) is 30.3 Å². The van der Waals surface area contributed by atoms with E-state index in [1.807, 2.05) is 0 Å². The minimum atomic E-state index is 0.227. The molecule has 0 heterocycles. The van der Waals surface area contributed by atoms with E-state index in [0.717, 1.165) is 13.2 Å². The van der Waals surface area contributed by atoms with Crippen LogP contribution in [-0.4, -0.2) is 19.3 Å². The molecule has 1 aliphatic rings. The van der Waals surface area contributed by atoms with Crippen molar-refractivity contribution in [3.8, 4) is 0 Å². The third-order valence-electron chi connectivity index (χ3n) is 3.49. The van der Waals surface area contributed by atoms with E-state index in [2.05, 4.69) is 35.6 Å². The van der Waals surface area contributed by atoms with Gasteiger partial charge in [-0.25, -0.2) is 0 Å². The highest BCUT2D eigenvalue weighted by Gasteiger charge is 2.32. The molecule has 1 aromatic rings. The van der Waals surface area contributed by atoms with Crippen LogP contribution in [0, 0.1) is 0 Å². The number of nitrogens with one attached hydrogen (secondary N) is 1.